The third kappa shape index (κ3) is 3.90. The van der Waals surface area contributed by atoms with Crippen molar-refractivity contribution in [2.45, 2.75) is 12.8 Å². The molecule has 28 heavy (non-hydrogen) atoms. The molecule has 0 spiro atoms. The Kier molecular flexibility index (Phi) is 4.84. The van der Waals surface area contributed by atoms with Crippen LogP contribution < -0.4 is 20.1 Å². The van der Waals surface area contributed by atoms with Gasteiger partial charge in [-0.25, -0.2) is 4.79 Å². The van der Waals surface area contributed by atoms with Crippen molar-refractivity contribution in [2.24, 2.45) is 0 Å². The molecule has 0 radical (unpaired) electrons. The zero-order valence-corrected chi connectivity index (χ0v) is 14.9. The van der Waals surface area contributed by atoms with Gasteiger partial charge in [-0.2, -0.15) is 0 Å². The number of anilines is 2. The highest BCUT2D eigenvalue weighted by atomic mass is 16.6. The molecular formula is C20H18N2O6. The van der Waals surface area contributed by atoms with Crippen molar-refractivity contribution in [2.75, 3.05) is 30.5 Å². The molecule has 8 heteroatoms. The fourth-order valence-electron chi connectivity index (χ4n) is 3.04. The number of rotatable bonds is 4. The van der Waals surface area contributed by atoms with Gasteiger partial charge in [0.05, 0.1) is 5.56 Å². The van der Waals surface area contributed by atoms with Gasteiger partial charge in [0.15, 0.2) is 18.1 Å². The van der Waals surface area contributed by atoms with Gasteiger partial charge < -0.3 is 24.8 Å². The Labute approximate surface area is 160 Å². The van der Waals surface area contributed by atoms with Crippen LogP contribution in [0.25, 0.3) is 0 Å². The Morgan fingerprint density at radius 3 is 2.71 bits per heavy atom. The fraction of sp³-hybridized carbons (Fsp3) is 0.250. The lowest BCUT2D eigenvalue weighted by Crippen LogP contribution is -2.22. The minimum atomic E-state index is -0.600. The Balaban J connectivity index is 1.33. The molecule has 4 rings (SSSR count). The standard InChI is InChI=1S/C20H18N2O6/c23-18-6-2-12-9-13(1-4-15(12)22-18)20(25)28-11-19(24)21-14-3-5-16-17(10-14)27-8-7-26-16/h1,3-5,9-10H,2,6-8,11H2,(H,21,24)(H,22,23). The van der Waals surface area contributed by atoms with E-state index in [0.717, 1.165) is 5.56 Å². The second-order valence-electron chi connectivity index (χ2n) is 6.40. The van der Waals surface area contributed by atoms with Crippen molar-refractivity contribution in [3.63, 3.8) is 0 Å². The molecule has 0 saturated carbocycles. The van der Waals surface area contributed by atoms with Crippen LogP contribution >= 0.6 is 0 Å². The lowest BCUT2D eigenvalue weighted by atomic mass is 10.0. The topological polar surface area (TPSA) is 103 Å². The van der Waals surface area contributed by atoms with E-state index >= 15 is 0 Å². The van der Waals surface area contributed by atoms with Gasteiger partial charge in [0.1, 0.15) is 13.2 Å². The summed E-state index contributed by atoms with van der Waals surface area (Å²) in [5.74, 6) is 0.0763. The van der Waals surface area contributed by atoms with E-state index < -0.39 is 18.5 Å². The monoisotopic (exact) mass is 382 g/mol. The molecular weight excluding hydrogens is 364 g/mol. The average Bonchev–Trinajstić information content (AvgIpc) is 2.71. The normalized spacial score (nSPS) is 14.5. The summed E-state index contributed by atoms with van der Waals surface area (Å²) in [6, 6.07) is 9.96. The van der Waals surface area contributed by atoms with E-state index in [1.807, 2.05) is 0 Å². The van der Waals surface area contributed by atoms with E-state index in [9.17, 15) is 14.4 Å². The summed E-state index contributed by atoms with van der Waals surface area (Å²) in [6.07, 6.45) is 0.941. The molecule has 144 valence electrons. The maximum absolute atomic E-state index is 12.2. The van der Waals surface area contributed by atoms with Gasteiger partial charge in [-0.15, -0.1) is 0 Å². The van der Waals surface area contributed by atoms with E-state index in [0.29, 0.717) is 54.5 Å². The van der Waals surface area contributed by atoms with E-state index in [1.54, 1.807) is 36.4 Å². The van der Waals surface area contributed by atoms with Gasteiger partial charge in [0.2, 0.25) is 5.91 Å². The van der Waals surface area contributed by atoms with E-state index in [1.165, 1.54) is 0 Å². The van der Waals surface area contributed by atoms with Crippen LogP contribution in [0.4, 0.5) is 11.4 Å². The summed E-state index contributed by atoms with van der Waals surface area (Å²) in [6.45, 7) is 0.525. The number of ether oxygens (including phenoxy) is 3. The molecule has 0 bridgehead atoms. The average molecular weight is 382 g/mol. The Hall–Kier alpha value is -3.55. The summed E-state index contributed by atoms with van der Waals surface area (Å²) in [5, 5.41) is 5.41. The molecule has 0 aromatic heterocycles. The molecule has 0 fully saturated rings. The van der Waals surface area contributed by atoms with Crippen LogP contribution in [0.15, 0.2) is 36.4 Å². The molecule has 2 aliphatic heterocycles. The summed E-state index contributed by atoms with van der Waals surface area (Å²) in [4.78, 5) is 35.7. The highest BCUT2D eigenvalue weighted by Gasteiger charge is 2.18. The van der Waals surface area contributed by atoms with Crippen LogP contribution in [0.2, 0.25) is 0 Å². The second-order valence-corrected chi connectivity index (χ2v) is 6.40. The molecule has 2 aromatic rings. The number of carbonyl (C=O) groups is 3. The van der Waals surface area contributed by atoms with Crippen LogP contribution in [-0.4, -0.2) is 37.6 Å². The first-order valence-corrected chi connectivity index (χ1v) is 8.88. The number of benzene rings is 2. The first-order valence-electron chi connectivity index (χ1n) is 8.88. The van der Waals surface area contributed by atoms with Crippen molar-refractivity contribution >= 4 is 29.2 Å². The first-order chi connectivity index (χ1) is 13.6. The number of fused-ring (bicyclic) bond motifs is 2. The number of carbonyl (C=O) groups excluding carboxylic acids is 3. The largest absolute Gasteiger partial charge is 0.486 e. The first kappa shape index (κ1) is 17.8. The van der Waals surface area contributed by atoms with E-state index in [4.69, 9.17) is 14.2 Å². The third-order valence-corrected chi connectivity index (χ3v) is 4.40. The van der Waals surface area contributed by atoms with Crippen LogP contribution in [0, 0.1) is 0 Å². The summed E-state index contributed by atoms with van der Waals surface area (Å²) in [7, 11) is 0. The maximum atomic E-state index is 12.2. The number of nitrogens with one attached hydrogen (secondary N) is 2. The van der Waals surface area contributed by atoms with Crippen LogP contribution in [0.1, 0.15) is 22.3 Å². The highest BCUT2D eigenvalue weighted by molar-refractivity contribution is 5.97. The fourth-order valence-corrected chi connectivity index (χ4v) is 3.04. The quantitative estimate of drug-likeness (QED) is 0.786. The van der Waals surface area contributed by atoms with Gasteiger partial charge in [0, 0.05) is 23.9 Å². The van der Waals surface area contributed by atoms with Gasteiger partial charge in [-0.1, -0.05) is 0 Å². The Bertz CT molecular complexity index is 956. The number of hydrogen-bond acceptors (Lipinski definition) is 6. The highest BCUT2D eigenvalue weighted by Crippen LogP contribution is 2.32. The summed E-state index contributed by atoms with van der Waals surface area (Å²) in [5.41, 5.74) is 2.43. The van der Waals surface area contributed by atoms with Crippen molar-refractivity contribution in [1.82, 2.24) is 0 Å². The number of esters is 1. The van der Waals surface area contributed by atoms with Crippen molar-refractivity contribution in [3.8, 4) is 11.5 Å². The molecule has 2 heterocycles. The number of amides is 2. The minimum Gasteiger partial charge on any atom is -0.486 e. The van der Waals surface area contributed by atoms with Gasteiger partial charge >= 0.3 is 5.97 Å². The third-order valence-electron chi connectivity index (χ3n) is 4.40. The lowest BCUT2D eigenvalue weighted by Gasteiger charge is -2.19. The molecule has 2 aromatic carbocycles. The molecule has 0 atom stereocenters. The van der Waals surface area contributed by atoms with E-state index in [-0.39, 0.29) is 5.91 Å². The zero-order valence-electron chi connectivity index (χ0n) is 14.9. The van der Waals surface area contributed by atoms with E-state index in [2.05, 4.69) is 10.6 Å². The van der Waals surface area contributed by atoms with Crippen LogP contribution in [0.3, 0.4) is 0 Å². The molecule has 8 nitrogen and oxygen atoms in total. The van der Waals surface area contributed by atoms with Crippen molar-refractivity contribution in [1.29, 1.82) is 0 Å². The van der Waals surface area contributed by atoms with Crippen molar-refractivity contribution in [3.05, 3.63) is 47.5 Å². The van der Waals surface area contributed by atoms with Gasteiger partial charge in [0.25, 0.3) is 5.91 Å². The van der Waals surface area contributed by atoms with Gasteiger partial charge in [-0.3, -0.25) is 9.59 Å². The molecule has 2 N–H and O–H groups in total. The molecule has 0 saturated heterocycles. The lowest BCUT2D eigenvalue weighted by molar-refractivity contribution is -0.119. The van der Waals surface area contributed by atoms with Crippen molar-refractivity contribution < 1.29 is 28.6 Å². The minimum absolute atomic E-state index is 0.0429. The maximum Gasteiger partial charge on any atom is 0.338 e. The zero-order chi connectivity index (χ0) is 19.5. The number of hydrogen-bond donors (Lipinski definition) is 2. The second kappa shape index (κ2) is 7.59. The van der Waals surface area contributed by atoms with Crippen LogP contribution in [-0.2, 0) is 20.7 Å². The molecule has 2 aliphatic rings. The summed E-state index contributed by atoms with van der Waals surface area (Å²) >= 11 is 0. The molecule has 0 unspecified atom stereocenters. The molecule has 0 aliphatic carbocycles. The molecule has 2 amide bonds. The Morgan fingerprint density at radius 2 is 1.86 bits per heavy atom. The summed E-state index contributed by atoms with van der Waals surface area (Å²) < 4.78 is 16.0. The van der Waals surface area contributed by atoms with Gasteiger partial charge in [-0.05, 0) is 42.3 Å². The predicted octanol–water partition coefficient (Wildman–Crippen LogP) is 2.14. The SMILES string of the molecule is O=C(COC(=O)c1ccc2c(c1)CCC(=O)N2)Nc1ccc2c(c1)OCCO2. The van der Waals surface area contributed by atoms with Crippen LogP contribution in [0.5, 0.6) is 11.5 Å². The predicted molar refractivity (Wildman–Crippen MR) is 99.7 cm³/mol. The smallest absolute Gasteiger partial charge is 0.338 e. The number of aryl methyl sites for hydroxylation is 1. The Morgan fingerprint density at radius 1 is 1.04 bits per heavy atom.